The van der Waals surface area contributed by atoms with Crippen LogP contribution in [0.1, 0.15) is 374 Å². The zero-order valence-corrected chi connectivity index (χ0v) is 120. The fourth-order valence-corrected chi connectivity index (χ4v) is 190. The van der Waals surface area contributed by atoms with Crippen molar-refractivity contribution >= 4 is 259 Å². The fourth-order valence-electron chi connectivity index (χ4n) is 16.8. The van der Waals surface area contributed by atoms with Crippen LogP contribution in [0.5, 0.6) is 0 Å². The second-order valence-electron chi connectivity index (χ2n) is 51.9. The van der Waals surface area contributed by atoms with E-state index >= 15 is 0 Å². The Labute approximate surface area is 869 Å². The van der Waals surface area contributed by atoms with E-state index in [1.807, 2.05) is 0 Å². The van der Waals surface area contributed by atoms with Crippen molar-refractivity contribution in [2.45, 2.75) is 474 Å². The number of hydrogen-bond acceptors (Lipinski definition) is 10. The van der Waals surface area contributed by atoms with Crippen LogP contribution in [0, 0.1) is 0 Å². The van der Waals surface area contributed by atoms with Gasteiger partial charge in [0.1, 0.15) is 0 Å². The summed E-state index contributed by atoms with van der Waals surface area (Å²) >= 11 is 43.5. The van der Waals surface area contributed by atoms with Crippen LogP contribution in [0.15, 0.2) is 0 Å². The molecule has 126 heavy (non-hydrogen) atoms. The van der Waals surface area contributed by atoms with Crippen molar-refractivity contribution < 1.29 is 69.4 Å². The number of hydrogen-bond donors (Lipinski definition) is 6. The first-order chi connectivity index (χ1) is 54.3. The summed E-state index contributed by atoms with van der Waals surface area (Å²) < 4.78 is 81.2. The summed E-state index contributed by atoms with van der Waals surface area (Å²) in [6, 6.07) is -16.5. The molecule has 0 aromatic heterocycles. The van der Waals surface area contributed by atoms with Gasteiger partial charge in [0.15, 0.2) is 0 Å². The third-order valence-electron chi connectivity index (χ3n) is 17.8. The molecule has 2 fully saturated rings. The van der Waals surface area contributed by atoms with Gasteiger partial charge < -0.3 is 0 Å². The molecule has 48 heteroatoms. The molecule has 6 heterocycles. The molecule has 0 aromatic rings. The van der Waals surface area contributed by atoms with Crippen LogP contribution < -0.4 is 29.8 Å². The van der Waals surface area contributed by atoms with Gasteiger partial charge in [0.05, 0.1) is 0 Å². The molecule has 6 N–H and O–H groups in total. The molecule has 8 atom stereocenters. The van der Waals surface area contributed by atoms with Gasteiger partial charge in [0.25, 0.3) is 0 Å². The molecule has 0 saturated carbocycles. The topological polar surface area (TPSA) is 168 Å². The Balaban J connectivity index is 0.000000396. The van der Waals surface area contributed by atoms with Gasteiger partial charge in [-0.1, -0.05) is 0 Å². The Bertz CT molecular complexity index is 4510. The monoisotopic (exact) mass is 2800 g/mol. The summed E-state index contributed by atoms with van der Waals surface area (Å²) in [5.74, 6) is 0. The molecule has 0 bridgehead atoms. The molecule has 0 amide bonds. The quantitative estimate of drug-likeness (QED) is 0.0410. The summed E-state index contributed by atoms with van der Waals surface area (Å²) in [5, 5.41) is 16.0. The molecule has 6 aliphatic rings. The minimum atomic E-state index is -2.25. The molecule has 0 aliphatic carbocycles. The van der Waals surface area contributed by atoms with E-state index in [0.29, 0.717) is 39.6 Å². The summed E-state index contributed by atoms with van der Waals surface area (Å²) in [7, 11) is 0. The standard InChI is InChI=1S/3C26H58N6O2P4Se4/c3*1-21(2,3)27-35(39)29(23(7,8)9)37(41,30(35)24(10,11)12)33-19-20-34-38(42)31(25(13,14)15)36(40,28-22(4,5)6)32(38)26(16,17)18/h3*19-20H2,1-18H3/q3*-2/p+6/t2*35-,36?,37+,38?;35-,36-,37+,38+. The zero-order valence-electron chi connectivity index (χ0n) is 88.3. The second kappa shape index (κ2) is 40.0. The zero-order chi connectivity index (χ0) is 101. The van der Waals surface area contributed by atoms with Gasteiger partial charge in [-0.05, 0) is 0 Å². The van der Waals surface area contributed by atoms with Gasteiger partial charge in [0.2, 0.25) is 0 Å². The predicted octanol–water partition coefficient (Wildman–Crippen LogP) is 20.2. The van der Waals surface area contributed by atoms with Crippen LogP contribution >= 0.6 is 72.8 Å². The van der Waals surface area contributed by atoms with Gasteiger partial charge >= 0.3 is 879 Å². The molecule has 24 nitrogen and oxygen atoms in total. The number of nitrogens with zero attached hydrogens (tertiary/aromatic N) is 12. The van der Waals surface area contributed by atoms with E-state index in [-0.39, 0.29) is 99.7 Å². The second-order valence-corrected chi connectivity index (χ2v) is 118. The normalized spacial score (nSPS) is 32.3. The van der Waals surface area contributed by atoms with Crippen molar-refractivity contribution in [1.29, 1.82) is 0 Å². The molecular weight excluding hydrogens is 2600 g/mol. The van der Waals surface area contributed by atoms with Gasteiger partial charge in [-0.3, -0.25) is 0 Å². The molecular formula is C78H180N18O6P12Se12. The van der Waals surface area contributed by atoms with E-state index in [2.05, 4.69) is 640 Å². The van der Waals surface area contributed by atoms with Crippen LogP contribution in [0.3, 0.4) is 0 Å². The predicted molar refractivity (Wildman–Crippen MR) is 567 cm³/mol. The summed E-state index contributed by atoms with van der Waals surface area (Å²) in [6.07, 6.45) is -9.02. The third-order valence-corrected chi connectivity index (χ3v) is 123. The van der Waals surface area contributed by atoms with Gasteiger partial charge in [-0.2, -0.15) is 0 Å². The number of rotatable bonds is 19. The fraction of sp³-hybridized carbons (Fsp3) is 1.00. The van der Waals surface area contributed by atoms with Crippen LogP contribution in [0.2, 0.25) is 0 Å². The average molecular weight is 2790 g/mol. The van der Waals surface area contributed by atoms with Crippen molar-refractivity contribution in [2.75, 3.05) is 39.6 Å². The van der Waals surface area contributed by atoms with E-state index in [1.165, 1.54) is 0 Å². The van der Waals surface area contributed by atoms with Crippen molar-refractivity contribution in [1.82, 2.24) is 38.1 Å². The van der Waals surface area contributed by atoms with E-state index < -0.39 is 72.8 Å². The first-order valence-electron chi connectivity index (χ1n) is 43.8. The van der Waals surface area contributed by atoms with Crippen molar-refractivity contribution in [3.05, 3.63) is 0 Å². The Morgan fingerprint density at radius 2 is 0.349 bits per heavy atom. The SMILES string of the molecule is CC(C)(C)N[P@@]1([Se-])=[N+](C(C)(C)C)[P@@]([Se-])(OCCOP2(=[Se])N(C(C)(C)C)P([Se-])(=[NH+]C(C)(C)C)N2C(C)(C)C)=[N+]1C(C)(C)C.CC(C)(C)N[P@@]1([Se-])=[N+](C(C)(C)C)[P@@]([Se-])(OCCO[P@]2([Se-])=[N+](C(C)(C)C)[P@]([Se-])(NC(C)(C)C)=[N+]2C(C)(C)C)=[N+]1C(C)(C)C.CC(C)(C)N[P@]1([Se-])=[N+](C(C)(C)C)[P@]([Se-])(OCCOP2(=[Se])N(C(C)(C)C)P([Se-])(=[NH+]C(C)(C)C)N2C(C)(C)C)=[N+]1C(C)(C)C. The van der Waals surface area contributed by atoms with Gasteiger partial charge in [-0.15, -0.1) is 0 Å². The summed E-state index contributed by atoms with van der Waals surface area (Å²) in [5.41, 5.74) is -1.59. The summed E-state index contributed by atoms with van der Waals surface area (Å²) in [6.45, 7) is 126. The van der Waals surface area contributed by atoms with Crippen molar-refractivity contribution in [2.24, 2.45) is 0 Å². The minimum absolute atomic E-state index is 0.0553. The van der Waals surface area contributed by atoms with E-state index in [1.54, 1.807) is 0 Å². The molecule has 0 radical (unpaired) electrons. The van der Waals surface area contributed by atoms with Gasteiger partial charge in [-0.25, -0.2) is 0 Å². The Morgan fingerprint density at radius 3 is 0.452 bits per heavy atom. The molecule has 0 aromatic carbocycles. The average Bonchev–Trinajstić information content (AvgIpc) is 0.697. The Kier molecular flexibility index (Phi) is 40.4. The molecule has 2 saturated heterocycles. The Hall–Kier alpha value is 8.83. The first kappa shape index (κ1) is 127. The van der Waals surface area contributed by atoms with Crippen LogP contribution in [-0.2, 0) is 27.1 Å². The summed E-state index contributed by atoms with van der Waals surface area (Å²) in [4.78, 5) is 0. The molecule has 0 spiro atoms. The van der Waals surface area contributed by atoms with Gasteiger partial charge in [0, 0.05) is 0 Å². The molecule has 0 unspecified atom stereocenters. The number of nitrogens with one attached hydrogen (secondary N) is 6. The molecule has 750 valence electrons. The van der Waals surface area contributed by atoms with Crippen LogP contribution in [0.4, 0.5) is 0 Å². The van der Waals surface area contributed by atoms with E-state index in [0.717, 1.165) is 0 Å². The first-order valence-corrected chi connectivity index (χ1v) is 90.3. The van der Waals surface area contributed by atoms with E-state index in [4.69, 9.17) is 27.1 Å². The van der Waals surface area contributed by atoms with Crippen molar-refractivity contribution in [3.63, 3.8) is 0 Å². The third kappa shape index (κ3) is 27.9. The molecule has 6 rings (SSSR count). The van der Waals surface area contributed by atoms with Crippen molar-refractivity contribution in [3.8, 4) is 0 Å². The molecule has 6 aliphatic heterocycles. The van der Waals surface area contributed by atoms with E-state index in [9.17, 15) is 0 Å². The maximum atomic E-state index is 6.99. The Morgan fingerprint density at radius 1 is 0.222 bits per heavy atom. The maximum absolute atomic E-state index is 6.99. The van der Waals surface area contributed by atoms with Crippen LogP contribution in [0.25, 0.3) is 0 Å². The van der Waals surface area contributed by atoms with Crippen LogP contribution in [-0.4, -0.2) is 376 Å².